The minimum absolute atomic E-state index is 0.411. The Morgan fingerprint density at radius 1 is 0.286 bits per heavy atom. The van der Waals surface area contributed by atoms with E-state index in [2.05, 4.69) is 223 Å². The van der Waals surface area contributed by atoms with E-state index < -0.39 is 5.41 Å². The third-order valence-corrected chi connectivity index (χ3v) is 14.1. The van der Waals surface area contributed by atoms with Gasteiger partial charge in [0.05, 0.1) is 11.1 Å². The van der Waals surface area contributed by atoms with Crippen LogP contribution in [0.2, 0.25) is 0 Å². The molecule has 292 valence electrons. The number of para-hydroxylation sites is 2. The van der Waals surface area contributed by atoms with Crippen LogP contribution in [0.3, 0.4) is 0 Å². The monoisotopic (exact) mass is 799 g/mol. The highest BCUT2D eigenvalue weighted by atomic mass is 16.3. The number of nitrogens with zero attached hydrogens (tertiary/aromatic N) is 1. The van der Waals surface area contributed by atoms with Gasteiger partial charge in [-0.15, -0.1) is 0 Å². The summed E-state index contributed by atoms with van der Waals surface area (Å²) in [6.45, 7) is 0. The van der Waals surface area contributed by atoms with Crippen LogP contribution < -0.4 is 4.90 Å². The van der Waals surface area contributed by atoms with Gasteiger partial charge >= 0.3 is 0 Å². The van der Waals surface area contributed by atoms with Crippen LogP contribution in [0, 0.1) is 0 Å². The maximum Gasteiger partial charge on any atom is 0.135 e. The van der Waals surface area contributed by atoms with Gasteiger partial charge in [-0.2, -0.15) is 0 Å². The van der Waals surface area contributed by atoms with Crippen molar-refractivity contribution in [3.63, 3.8) is 0 Å². The Morgan fingerprint density at radius 3 is 1.41 bits per heavy atom. The SMILES string of the molecule is c1ccc(N(c2ccc3c(c2)-c2ccccc2C32c3ccccc3-c3ccccc32)c2ccc3c4ccccc4c4ccccc4c3c2)c(-c2ccc3oc4ccccc4c3c2)c1. The van der Waals surface area contributed by atoms with Crippen LogP contribution in [0.4, 0.5) is 17.1 Å². The number of anilines is 3. The van der Waals surface area contributed by atoms with E-state index >= 15 is 0 Å². The molecule has 0 saturated carbocycles. The highest BCUT2D eigenvalue weighted by Crippen LogP contribution is 2.63. The normalized spacial score (nSPS) is 13.2. The molecule has 63 heavy (non-hydrogen) atoms. The quantitative estimate of drug-likeness (QED) is 0.165. The molecule has 0 N–H and O–H groups in total. The third-order valence-electron chi connectivity index (χ3n) is 14.1. The maximum atomic E-state index is 6.31. The summed E-state index contributed by atoms with van der Waals surface area (Å²) >= 11 is 0. The van der Waals surface area contributed by atoms with Crippen molar-refractivity contribution >= 4 is 71.3 Å². The first-order valence-corrected chi connectivity index (χ1v) is 21.8. The van der Waals surface area contributed by atoms with Crippen LogP contribution in [0.15, 0.2) is 229 Å². The minimum atomic E-state index is -0.411. The molecule has 0 unspecified atom stereocenters. The van der Waals surface area contributed by atoms with Crippen molar-refractivity contribution < 1.29 is 4.42 Å². The summed E-state index contributed by atoms with van der Waals surface area (Å²) in [5.74, 6) is 0. The van der Waals surface area contributed by atoms with E-state index in [1.165, 1.54) is 76.8 Å². The first-order valence-electron chi connectivity index (χ1n) is 21.8. The lowest BCUT2D eigenvalue weighted by atomic mass is 9.70. The van der Waals surface area contributed by atoms with Crippen molar-refractivity contribution in [1.29, 1.82) is 0 Å². The van der Waals surface area contributed by atoms with Gasteiger partial charge in [0.2, 0.25) is 0 Å². The molecular formula is C61H37NO. The first kappa shape index (κ1) is 34.5. The predicted molar refractivity (Wildman–Crippen MR) is 263 cm³/mol. The molecule has 2 aliphatic rings. The molecule has 0 aliphatic heterocycles. The van der Waals surface area contributed by atoms with Crippen molar-refractivity contribution in [3.8, 4) is 33.4 Å². The molecule has 0 bridgehead atoms. The summed E-state index contributed by atoms with van der Waals surface area (Å²) in [5.41, 5.74) is 17.5. The molecule has 2 nitrogen and oxygen atoms in total. The zero-order valence-corrected chi connectivity index (χ0v) is 34.2. The molecule has 14 rings (SSSR count). The zero-order valence-electron chi connectivity index (χ0n) is 34.2. The summed E-state index contributed by atoms with van der Waals surface area (Å²) in [4.78, 5) is 2.49. The summed E-state index contributed by atoms with van der Waals surface area (Å²) in [6.07, 6.45) is 0. The average molecular weight is 800 g/mol. The Labute approximate surface area is 364 Å². The van der Waals surface area contributed by atoms with E-state index in [9.17, 15) is 0 Å². The third kappa shape index (κ3) is 4.67. The van der Waals surface area contributed by atoms with Crippen LogP contribution in [0.25, 0.3) is 87.6 Å². The summed E-state index contributed by atoms with van der Waals surface area (Å²) < 4.78 is 6.31. The number of hydrogen-bond acceptors (Lipinski definition) is 2. The molecule has 1 spiro atoms. The van der Waals surface area contributed by atoms with Gasteiger partial charge in [-0.1, -0.05) is 176 Å². The maximum absolute atomic E-state index is 6.31. The topological polar surface area (TPSA) is 16.4 Å². The lowest BCUT2D eigenvalue weighted by molar-refractivity contribution is 0.669. The highest BCUT2D eigenvalue weighted by molar-refractivity contribution is 6.26. The number of hydrogen-bond donors (Lipinski definition) is 0. The standard InChI is InChI=1S/C61H37NO/c1-2-18-44-42(16-1)43-17-3-4-19-45(43)51-36-39(30-32-46(44)51)62(58-27-13-8-15-41(58)38-29-34-60-53(35-38)50-23-9-14-28-59(50)63-60)40-31-33-57-52(37-40)49-22-7-12-26-56(49)61(57)54-24-10-5-20-47(54)48-21-6-11-25-55(48)61/h1-37H. The van der Waals surface area contributed by atoms with Gasteiger partial charge in [-0.3, -0.25) is 0 Å². The van der Waals surface area contributed by atoms with Crippen LogP contribution in [-0.4, -0.2) is 0 Å². The van der Waals surface area contributed by atoms with E-state index in [0.29, 0.717) is 0 Å². The van der Waals surface area contributed by atoms with Crippen LogP contribution in [0.1, 0.15) is 22.3 Å². The predicted octanol–water partition coefficient (Wildman–Crippen LogP) is 16.5. The Kier molecular flexibility index (Phi) is 7.07. The van der Waals surface area contributed by atoms with E-state index in [-0.39, 0.29) is 0 Å². The molecule has 0 radical (unpaired) electrons. The van der Waals surface area contributed by atoms with Crippen LogP contribution >= 0.6 is 0 Å². The van der Waals surface area contributed by atoms with E-state index in [4.69, 9.17) is 4.42 Å². The van der Waals surface area contributed by atoms with Gasteiger partial charge in [0.15, 0.2) is 0 Å². The van der Waals surface area contributed by atoms with Crippen LogP contribution in [-0.2, 0) is 5.41 Å². The smallest absolute Gasteiger partial charge is 0.135 e. The van der Waals surface area contributed by atoms with Gasteiger partial charge in [0, 0.05) is 27.7 Å². The summed E-state index contributed by atoms with van der Waals surface area (Å²) in [6, 6.07) is 83.0. The number of fused-ring (bicyclic) bond motifs is 19. The van der Waals surface area contributed by atoms with Crippen molar-refractivity contribution in [1.82, 2.24) is 0 Å². The molecule has 0 fully saturated rings. The van der Waals surface area contributed by atoms with Crippen molar-refractivity contribution in [2.75, 3.05) is 4.90 Å². The van der Waals surface area contributed by atoms with E-state index in [0.717, 1.165) is 50.1 Å². The molecule has 0 amide bonds. The van der Waals surface area contributed by atoms with Gasteiger partial charge in [0.1, 0.15) is 11.2 Å². The molecule has 12 aromatic rings. The highest BCUT2D eigenvalue weighted by Gasteiger charge is 2.51. The average Bonchev–Trinajstić information content (AvgIpc) is 3.98. The van der Waals surface area contributed by atoms with E-state index in [1.807, 2.05) is 6.07 Å². The summed E-state index contributed by atoms with van der Waals surface area (Å²) in [7, 11) is 0. The summed E-state index contributed by atoms with van der Waals surface area (Å²) in [5, 5.41) is 9.79. The Hall–Kier alpha value is -8.20. The molecular weight excluding hydrogens is 763 g/mol. The second-order valence-electron chi connectivity index (χ2n) is 17.1. The fraction of sp³-hybridized carbons (Fsp3) is 0.0164. The number of rotatable bonds is 4. The second-order valence-corrected chi connectivity index (χ2v) is 17.1. The number of furan rings is 1. The first-order chi connectivity index (χ1) is 31.3. The molecule has 0 atom stereocenters. The van der Waals surface area contributed by atoms with Gasteiger partial charge in [-0.05, 0) is 131 Å². The number of benzene rings is 11. The lowest BCUT2D eigenvalue weighted by Gasteiger charge is -2.31. The minimum Gasteiger partial charge on any atom is -0.456 e. The molecule has 1 aromatic heterocycles. The van der Waals surface area contributed by atoms with Gasteiger partial charge in [0.25, 0.3) is 0 Å². The molecule has 2 aliphatic carbocycles. The Balaban J connectivity index is 1.05. The van der Waals surface area contributed by atoms with Gasteiger partial charge < -0.3 is 9.32 Å². The van der Waals surface area contributed by atoms with Crippen LogP contribution in [0.5, 0.6) is 0 Å². The zero-order chi connectivity index (χ0) is 41.2. The molecule has 11 aromatic carbocycles. The van der Waals surface area contributed by atoms with Crippen molar-refractivity contribution in [2.24, 2.45) is 0 Å². The Morgan fingerprint density at radius 2 is 0.746 bits per heavy atom. The molecule has 2 heteroatoms. The molecule has 0 saturated heterocycles. The fourth-order valence-electron chi connectivity index (χ4n) is 11.5. The Bertz CT molecular complexity index is 3810. The van der Waals surface area contributed by atoms with Crippen molar-refractivity contribution in [2.45, 2.75) is 5.41 Å². The fourth-order valence-corrected chi connectivity index (χ4v) is 11.5. The lowest BCUT2D eigenvalue weighted by Crippen LogP contribution is -2.25. The van der Waals surface area contributed by atoms with Crippen molar-refractivity contribution in [3.05, 3.63) is 247 Å². The molecule has 1 heterocycles. The van der Waals surface area contributed by atoms with Gasteiger partial charge in [-0.25, -0.2) is 0 Å². The van der Waals surface area contributed by atoms with E-state index in [1.54, 1.807) is 0 Å². The largest absolute Gasteiger partial charge is 0.456 e. The second kappa shape index (κ2) is 12.9.